The van der Waals surface area contributed by atoms with Crippen LogP contribution >= 0.6 is 0 Å². The van der Waals surface area contributed by atoms with Crippen LogP contribution in [0.3, 0.4) is 0 Å². The van der Waals surface area contributed by atoms with E-state index in [1.165, 1.54) is 5.56 Å². The smallest absolute Gasteiger partial charge is 0.127 e. The maximum Gasteiger partial charge on any atom is 0.127 e. The van der Waals surface area contributed by atoms with Crippen LogP contribution < -0.4 is 4.74 Å². The molecule has 0 radical (unpaired) electrons. The van der Waals surface area contributed by atoms with Gasteiger partial charge in [0, 0.05) is 11.5 Å². The summed E-state index contributed by atoms with van der Waals surface area (Å²) in [4.78, 5) is 2.75. The van der Waals surface area contributed by atoms with Crippen molar-refractivity contribution in [3.8, 4) is 11.5 Å². The molecule has 2 aromatic carbocycles. The van der Waals surface area contributed by atoms with Gasteiger partial charge >= 0.3 is 0 Å². The number of unbranched alkanes of at least 4 members (excludes halogenated alkanes) is 2. The summed E-state index contributed by atoms with van der Waals surface area (Å²) < 4.78 is 5.76. The average molecular weight is 281 g/mol. The van der Waals surface area contributed by atoms with Gasteiger partial charge in [0.05, 0.1) is 0 Å². The first-order valence-corrected chi connectivity index (χ1v) is 7.21. The van der Waals surface area contributed by atoms with E-state index in [0.717, 1.165) is 37.2 Å². The van der Waals surface area contributed by atoms with Gasteiger partial charge in [-0.3, -0.25) is 0 Å². The molecule has 0 unspecified atom stereocenters. The highest BCUT2D eigenvalue weighted by Gasteiger charge is 1.98. The van der Waals surface area contributed by atoms with Crippen molar-refractivity contribution in [1.82, 2.24) is 0 Å². The highest BCUT2D eigenvalue weighted by Crippen LogP contribution is 2.21. The van der Waals surface area contributed by atoms with Crippen molar-refractivity contribution in [1.29, 1.82) is 0 Å². The number of hydrogen-bond donors (Lipinski definition) is 0. The van der Waals surface area contributed by atoms with Gasteiger partial charge in [-0.1, -0.05) is 41.9 Å². The summed E-state index contributed by atoms with van der Waals surface area (Å²) in [6.45, 7) is 0.598. The number of aryl methyl sites for hydroxylation is 1. The van der Waals surface area contributed by atoms with Gasteiger partial charge in [0.15, 0.2) is 0 Å². The molecular formula is C17H19N3O. The van der Waals surface area contributed by atoms with Crippen LogP contribution in [-0.4, -0.2) is 6.54 Å². The Labute approximate surface area is 125 Å². The summed E-state index contributed by atoms with van der Waals surface area (Å²) in [5, 5.41) is 3.53. The second kappa shape index (κ2) is 8.67. The lowest BCUT2D eigenvalue weighted by molar-refractivity contribution is 0.482. The third kappa shape index (κ3) is 5.59. The topological polar surface area (TPSA) is 58.0 Å². The van der Waals surface area contributed by atoms with Crippen molar-refractivity contribution in [2.45, 2.75) is 25.7 Å². The van der Waals surface area contributed by atoms with Crippen LogP contribution in [0.1, 0.15) is 24.8 Å². The Morgan fingerprint density at radius 1 is 0.857 bits per heavy atom. The van der Waals surface area contributed by atoms with Crippen LogP contribution in [0.2, 0.25) is 0 Å². The van der Waals surface area contributed by atoms with Gasteiger partial charge in [-0.25, -0.2) is 0 Å². The fraction of sp³-hybridized carbons (Fsp3) is 0.294. The summed E-state index contributed by atoms with van der Waals surface area (Å²) >= 11 is 0. The number of rotatable bonds is 8. The normalized spacial score (nSPS) is 9.90. The van der Waals surface area contributed by atoms with Crippen molar-refractivity contribution >= 4 is 0 Å². The van der Waals surface area contributed by atoms with E-state index in [1.54, 1.807) is 0 Å². The molecule has 0 bridgehead atoms. The van der Waals surface area contributed by atoms with Crippen molar-refractivity contribution < 1.29 is 4.74 Å². The molecule has 2 aromatic rings. The predicted molar refractivity (Wildman–Crippen MR) is 84.5 cm³/mol. The fourth-order valence-electron chi connectivity index (χ4n) is 2.08. The molecule has 0 spiro atoms. The average Bonchev–Trinajstić information content (AvgIpc) is 2.53. The Bertz CT molecular complexity index is 575. The molecule has 0 aliphatic carbocycles. The number of ether oxygens (including phenoxy) is 1. The molecule has 108 valence electrons. The zero-order valence-electron chi connectivity index (χ0n) is 12.0. The lowest BCUT2D eigenvalue weighted by Crippen LogP contribution is -1.88. The maximum absolute atomic E-state index is 8.18. The lowest BCUT2D eigenvalue weighted by Gasteiger charge is -2.06. The highest BCUT2D eigenvalue weighted by molar-refractivity contribution is 5.32. The van der Waals surface area contributed by atoms with E-state index in [1.807, 2.05) is 42.5 Å². The van der Waals surface area contributed by atoms with Gasteiger partial charge in [-0.15, -0.1) is 0 Å². The molecule has 2 rings (SSSR count). The van der Waals surface area contributed by atoms with Gasteiger partial charge in [0.2, 0.25) is 0 Å². The minimum atomic E-state index is 0.598. The van der Waals surface area contributed by atoms with Crippen LogP contribution in [0.25, 0.3) is 10.4 Å². The van der Waals surface area contributed by atoms with E-state index >= 15 is 0 Å². The Hall–Kier alpha value is -2.45. The van der Waals surface area contributed by atoms with E-state index in [4.69, 9.17) is 10.3 Å². The molecule has 21 heavy (non-hydrogen) atoms. The zero-order chi connectivity index (χ0) is 14.8. The lowest BCUT2D eigenvalue weighted by atomic mass is 10.1. The zero-order valence-corrected chi connectivity index (χ0v) is 12.0. The number of benzene rings is 2. The van der Waals surface area contributed by atoms with E-state index in [9.17, 15) is 0 Å². The Morgan fingerprint density at radius 3 is 2.29 bits per heavy atom. The molecule has 0 aromatic heterocycles. The molecule has 0 fully saturated rings. The largest absolute Gasteiger partial charge is 0.457 e. The molecule has 0 amide bonds. The summed E-state index contributed by atoms with van der Waals surface area (Å²) in [6, 6.07) is 18.0. The number of hydrogen-bond acceptors (Lipinski definition) is 2. The van der Waals surface area contributed by atoms with Crippen molar-refractivity contribution in [3.05, 3.63) is 70.6 Å². The van der Waals surface area contributed by atoms with Crippen LogP contribution in [0.5, 0.6) is 11.5 Å². The predicted octanol–water partition coefficient (Wildman–Crippen LogP) is 5.50. The van der Waals surface area contributed by atoms with Crippen LogP contribution in [0.15, 0.2) is 59.7 Å². The maximum atomic E-state index is 8.18. The third-order valence-electron chi connectivity index (χ3n) is 3.19. The Balaban J connectivity index is 1.75. The second-order valence-electron chi connectivity index (χ2n) is 4.82. The first-order valence-electron chi connectivity index (χ1n) is 7.21. The first-order chi connectivity index (χ1) is 10.4. The Kier molecular flexibility index (Phi) is 6.17. The first kappa shape index (κ1) is 14.9. The monoisotopic (exact) mass is 281 g/mol. The molecule has 0 atom stereocenters. The van der Waals surface area contributed by atoms with E-state index < -0.39 is 0 Å². The summed E-state index contributed by atoms with van der Waals surface area (Å²) in [7, 11) is 0. The van der Waals surface area contributed by atoms with Crippen LogP contribution in [0, 0.1) is 0 Å². The second-order valence-corrected chi connectivity index (χ2v) is 4.82. The molecule has 0 N–H and O–H groups in total. The van der Waals surface area contributed by atoms with Crippen molar-refractivity contribution in [2.75, 3.05) is 6.54 Å². The summed E-state index contributed by atoms with van der Waals surface area (Å²) in [5.74, 6) is 1.71. The minimum Gasteiger partial charge on any atom is -0.457 e. The molecule has 0 aliphatic heterocycles. The van der Waals surface area contributed by atoms with Gasteiger partial charge in [0.1, 0.15) is 11.5 Å². The van der Waals surface area contributed by atoms with Crippen LogP contribution in [0.4, 0.5) is 0 Å². The summed E-state index contributed by atoms with van der Waals surface area (Å²) in [5.41, 5.74) is 9.48. The SMILES string of the molecule is [N-]=[N+]=NCCCCCc1ccc(Oc2ccccc2)cc1. The molecule has 4 heteroatoms. The molecule has 4 nitrogen and oxygen atoms in total. The Morgan fingerprint density at radius 2 is 1.57 bits per heavy atom. The van der Waals surface area contributed by atoms with Gasteiger partial charge < -0.3 is 4.74 Å². The van der Waals surface area contributed by atoms with Gasteiger partial charge in [0.25, 0.3) is 0 Å². The minimum absolute atomic E-state index is 0.598. The molecule has 0 aliphatic rings. The van der Waals surface area contributed by atoms with E-state index in [2.05, 4.69) is 22.2 Å². The molecule has 0 saturated heterocycles. The highest BCUT2D eigenvalue weighted by atomic mass is 16.5. The van der Waals surface area contributed by atoms with Crippen molar-refractivity contribution in [3.63, 3.8) is 0 Å². The van der Waals surface area contributed by atoms with Gasteiger partial charge in [-0.2, -0.15) is 0 Å². The van der Waals surface area contributed by atoms with E-state index in [0.29, 0.717) is 6.54 Å². The number of nitrogens with zero attached hydrogens (tertiary/aromatic N) is 3. The summed E-state index contributed by atoms with van der Waals surface area (Å²) in [6.07, 6.45) is 4.20. The quantitative estimate of drug-likeness (QED) is 0.273. The molecular weight excluding hydrogens is 262 g/mol. The van der Waals surface area contributed by atoms with Gasteiger partial charge in [-0.05, 0) is 54.6 Å². The number of azide groups is 1. The standard InChI is InChI=1S/C17H19N3O/c18-20-19-14-6-2-3-7-15-10-12-17(13-11-15)21-16-8-4-1-5-9-16/h1,4-5,8-13H,2-3,6-7,14H2. The van der Waals surface area contributed by atoms with Crippen molar-refractivity contribution in [2.24, 2.45) is 5.11 Å². The molecule has 0 heterocycles. The van der Waals surface area contributed by atoms with E-state index in [-0.39, 0.29) is 0 Å². The molecule has 0 saturated carbocycles. The fourth-order valence-corrected chi connectivity index (χ4v) is 2.08. The third-order valence-corrected chi connectivity index (χ3v) is 3.19. The van der Waals surface area contributed by atoms with Crippen LogP contribution in [-0.2, 0) is 6.42 Å². The number of para-hydroxylation sites is 1.